The first-order chi connectivity index (χ1) is 13.4. The Labute approximate surface area is 165 Å². The van der Waals surface area contributed by atoms with Crippen LogP contribution in [0, 0.1) is 0 Å². The van der Waals surface area contributed by atoms with E-state index in [1.165, 1.54) is 0 Å². The number of rotatable bonds is 8. The quantitative estimate of drug-likeness (QED) is 0.329. The Hall–Kier alpha value is -1.06. The minimum Gasteiger partial charge on any atom is -0.790 e. The van der Waals surface area contributed by atoms with Crippen molar-refractivity contribution in [2.24, 2.45) is 0 Å². The number of phosphoric acid groups is 3. The van der Waals surface area contributed by atoms with Gasteiger partial charge in [0.25, 0.3) is 21.2 Å². The molecule has 0 bridgehead atoms. The number of hydrogen-bond acceptors (Lipinski definition) is 14. The third-order valence-electron chi connectivity index (χ3n) is 3.62. The molecule has 2 N–H and O–H groups in total. The minimum absolute atomic E-state index is 0.553. The van der Waals surface area contributed by atoms with Crippen molar-refractivity contribution in [2.75, 3.05) is 6.61 Å². The molecule has 0 radical (unpaired) electrons. The molecule has 0 spiro atoms. The van der Waals surface area contributed by atoms with Gasteiger partial charge in [-0.15, -0.1) is 0 Å². The van der Waals surface area contributed by atoms with Crippen LogP contribution < -0.4 is 30.8 Å². The molecular weight excluding hydrogens is 484 g/mol. The van der Waals surface area contributed by atoms with Gasteiger partial charge in [0.15, 0.2) is 11.9 Å². The standard InChI is InChI=1S/C10H16FN2O14P3/c1-10(11)7(15)5(25-8(10)13-3-2-6(14)12-9(13)16)4-24-29(20,21)27-30(22,23)26-28(17,18)19/h2-3,5,7-8,15H,4H2,1H3,(H,20,21)(H,22,23)(H,12,14,16)(H2,17,18,19)/p-4. The average molecular weight is 496 g/mol. The van der Waals surface area contributed by atoms with E-state index in [0.29, 0.717) is 4.57 Å². The van der Waals surface area contributed by atoms with Gasteiger partial charge in [-0.2, -0.15) is 0 Å². The molecule has 30 heavy (non-hydrogen) atoms. The normalized spacial score (nSPS) is 31.2. The summed E-state index contributed by atoms with van der Waals surface area (Å²) in [5, 5.41) is 10.0. The first-order valence-electron chi connectivity index (χ1n) is 7.49. The number of alkyl halides is 1. The summed E-state index contributed by atoms with van der Waals surface area (Å²) in [4.78, 5) is 67.8. The molecule has 1 aliphatic heterocycles. The number of halogens is 1. The summed E-state index contributed by atoms with van der Waals surface area (Å²) in [5.74, 6) is 0. The number of ether oxygens (including phenoxy) is 1. The number of H-pyrrole nitrogens is 1. The number of aromatic amines is 1. The third kappa shape index (κ3) is 6.23. The lowest BCUT2D eigenvalue weighted by molar-refractivity contribution is -0.339. The van der Waals surface area contributed by atoms with Gasteiger partial charge in [0.1, 0.15) is 12.2 Å². The molecule has 0 saturated carbocycles. The second kappa shape index (κ2) is 8.47. The number of aromatic nitrogens is 2. The fraction of sp³-hybridized carbons (Fsp3) is 0.600. The Kier molecular flexibility index (Phi) is 7.11. The maximum atomic E-state index is 14.9. The smallest absolute Gasteiger partial charge is 0.330 e. The SMILES string of the molecule is CC1(F)C(O)C(COP(=O)([O-])OP(=O)([O-])OP(=O)([O-])[O-])OC1n1ccc(=O)[nH]c1=O. The molecule has 1 fully saturated rings. The Balaban J connectivity index is 2.13. The highest BCUT2D eigenvalue weighted by Crippen LogP contribution is 2.60. The molecule has 6 atom stereocenters. The van der Waals surface area contributed by atoms with Gasteiger partial charge < -0.3 is 38.5 Å². The Bertz CT molecular complexity index is 1050. The molecule has 1 aromatic rings. The Morgan fingerprint density at radius 3 is 2.37 bits per heavy atom. The van der Waals surface area contributed by atoms with Gasteiger partial charge in [-0.3, -0.25) is 27.8 Å². The van der Waals surface area contributed by atoms with Crippen LogP contribution >= 0.6 is 23.5 Å². The number of phosphoric ester groups is 1. The predicted octanol–water partition coefficient (Wildman–Crippen LogP) is -3.66. The highest BCUT2D eigenvalue weighted by molar-refractivity contribution is 7.64. The van der Waals surface area contributed by atoms with Gasteiger partial charge in [0.2, 0.25) is 0 Å². The fourth-order valence-electron chi connectivity index (χ4n) is 2.41. The fourth-order valence-corrected chi connectivity index (χ4v) is 5.28. The van der Waals surface area contributed by atoms with Crippen LogP contribution in [0.25, 0.3) is 0 Å². The maximum Gasteiger partial charge on any atom is 0.330 e. The zero-order valence-corrected chi connectivity index (χ0v) is 17.2. The minimum atomic E-state index is -6.20. The molecule has 6 unspecified atom stereocenters. The number of nitrogens with zero attached hydrogens (tertiary/aromatic N) is 1. The second-order valence-electron chi connectivity index (χ2n) is 5.94. The number of hydrogen-bond donors (Lipinski definition) is 2. The summed E-state index contributed by atoms with van der Waals surface area (Å²) >= 11 is 0. The molecule has 16 nitrogen and oxygen atoms in total. The summed E-state index contributed by atoms with van der Waals surface area (Å²) in [7, 11) is -18.3. The van der Waals surface area contributed by atoms with Crippen LogP contribution in [0.1, 0.15) is 13.2 Å². The molecule has 0 aliphatic carbocycles. The number of nitrogens with one attached hydrogen (secondary N) is 1. The molecule has 1 aliphatic rings. The van der Waals surface area contributed by atoms with Crippen molar-refractivity contribution < 1.29 is 60.6 Å². The van der Waals surface area contributed by atoms with Gasteiger partial charge in [-0.05, 0) is 6.92 Å². The van der Waals surface area contributed by atoms with E-state index in [4.69, 9.17) is 4.74 Å². The van der Waals surface area contributed by atoms with Crippen LogP contribution in [-0.2, 0) is 31.6 Å². The molecule has 2 rings (SSSR count). The van der Waals surface area contributed by atoms with Crippen LogP contribution in [0.3, 0.4) is 0 Å². The molecule has 0 aromatic carbocycles. The third-order valence-corrected chi connectivity index (χ3v) is 7.28. The molecule has 0 amide bonds. The van der Waals surface area contributed by atoms with E-state index in [1.807, 2.05) is 4.98 Å². The van der Waals surface area contributed by atoms with E-state index >= 15 is 0 Å². The van der Waals surface area contributed by atoms with Gasteiger partial charge in [-0.25, -0.2) is 13.5 Å². The highest BCUT2D eigenvalue weighted by Gasteiger charge is 2.55. The Morgan fingerprint density at radius 2 is 1.83 bits per heavy atom. The van der Waals surface area contributed by atoms with Gasteiger partial charge in [0.05, 0.1) is 14.4 Å². The monoisotopic (exact) mass is 496 g/mol. The summed E-state index contributed by atoms with van der Waals surface area (Å²) in [6.45, 7) is -0.477. The molecule has 1 aromatic heterocycles. The first kappa shape index (κ1) is 25.2. The molecule has 20 heteroatoms. The van der Waals surface area contributed by atoms with E-state index in [9.17, 15) is 52.4 Å². The van der Waals surface area contributed by atoms with Crippen molar-refractivity contribution in [3.05, 3.63) is 33.1 Å². The summed E-state index contributed by atoms with van der Waals surface area (Å²) in [5.41, 5.74) is -4.66. The highest BCUT2D eigenvalue weighted by atomic mass is 31.3. The summed E-state index contributed by atoms with van der Waals surface area (Å²) in [6.07, 6.45) is -4.96. The molecule has 1 saturated heterocycles. The first-order valence-corrected chi connectivity index (χ1v) is 11.9. The van der Waals surface area contributed by atoms with E-state index < -0.39 is 65.4 Å². The van der Waals surface area contributed by atoms with E-state index in [-0.39, 0.29) is 0 Å². The van der Waals surface area contributed by atoms with Crippen molar-refractivity contribution >= 4 is 23.5 Å². The predicted molar refractivity (Wildman–Crippen MR) is 81.7 cm³/mol. The van der Waals surface area contributed by atoms with Crippen molar-refractivity contribution in [2.45, 2.75) is 31.0 Å². The van der Waals surface area contributed by atoms with E-state index in [2.05, 4.69) is 13.1 Å². The lowest BCUT2D eigenvalue weighted by atomic mass is 9.98. The van der Waals surface area contributed by atoms with Crippen molar-refractivity contribution in [3.8, 4) is 0 Å². The largest absolute Gasteiger partial charge is 0.790 e. The van der Waals surface area contributed by atoms with E-state index in [1.54, 1.807) is 0 Å². The summed E-state index contributed by atoms with van der Waals surface area (Å²) < 4.78 is 63.7. The average Bonchev–Trinajstić information content (AvgIpc) is 2.73. The van der Waals surface area contributed by atoms with Crippen molar-refractivity contribution in [1.82, 2.24) is 9.55 Å². The number of aliphatic hydroxyl groups excluding tert-OH is 1. The van der Waals surface area contributed by atoms with Crippen LogP contribution in [0.2, 0.25) is 0 Å². The van der Waals surface area contributed by atoms with Gasteiger partial charge in [0, 0.05) is 12.3 Å². The Morgan fingerprint density at radius 1 is 1.23 bits per heavy atom. The molecule has 172 valence electrons. The van der Waals surface area contributed by atoms with Gasteiger partial charge in [-0.1, -0.05) is 0 Å². The zero-order valence-electron chi connectivity index (χ0n) is 14.5. The maximum absolute atomic E-state index is 14.9. The summed E-state index contributed by atoms with van der Waals surface area (Å²) in [6, 6.07) is 0.841. The molecular formula is C10H12FN2O14P3-4. The van der Waals surface area contributed by atoms with Crippen molar-refractivity contribution in [1.29, 1.82) is 0 Å². The van der Waals surface area contributed by atoms with Crippen LogP contribution in [0.5, 0.6) is 0 Å². The lowest BCUT2D eigenvalue weighted by Crippen LogP contribution is -2.43. The van der Waals surface area contributed by atoms with Crippen LogP contribution in [0.15, 0.2) is 21.9 Å². The second-order valence-corrected chi connectivity index (χ2v) is 10.2. The lowest BCUT2D eigenvalue weighted by Gasteiger charge is -2.37. The molecule has 2 heterocycles. The van der Waals surface area contributed by atoms with Crippen LogP contribution in [-0.4, -0.2) is 39.1 Å². The topological polar surface area (TPSA) is 255 Å². The van der Waals surface area contributed by atoms with Crippen LogP contribution in [0.4, 0.5) is 4.39 Å². The van der Waals surface area contributed by atoms with Crippen molar-refractivity contribution in [3.63, 3.8) is 0 Å². The number of aliphatic hydroxyl groups is 1. The zero-order chi connectivity index (χ0) is 23.1. The van der Waals surface area contributed by atoms with E-state index in [0.717, 1.165) is 19.2 Å². The van der Waals surface area contributed by atoms with Gasteiger partial charge >= 0.3 is 5.69 Å².